The fourth-order valence-corrected chi connectivity index (χ4v) is 2.49. The molecular formula is C20H16N2O5. The van der Waals surface area contributed by atoms with E-state index >= 15 is 0 Å². The van der Waals surface area contributed by atoms with Crippen molar-refractivity contribution in [3.8, 4) is 11.5 Å². The maximum absolute atomic E-state index is 12.3. The van der Waals surface area contributed by atoms with Crippen LogP contribution < -0.4 is 4.74 Å². The van der Waals surface area contributed by atoms with Crippen LogP contribution in [-0.2, 0) is 4.74 Å². The number of carbonyl (C=O) groups is 1. The molecule has 3 aromatic rings. The number of carbonyl (C=O) groups excluding carboxylic acids is 1. The summed E-state index contributed by atoms with van der Waals surface area (Å²) in [7, 11) is 0. The third-order valence-corrected chi connectivity index (χ3v) is 3.82. The van der Waals surface area contributed by atoms with Crippen molar-refractivity contribution < 1.29 is 19.2 Å². The first-order chi connectivity index (χ1) is 13.0. The van der Waals surface area contributed by atoms with E-state index < -0.39 is 17.0 Å². The third-order valence-electron chi connectivity index (χ3n) is 3.82. The van der Waals surface area contributed by atoms with Gasteiger partial charge in [0.05, 0.1) is 22.2 Å². The van der Waals surface area contributed by atoms with E-state index in [1.54, 1.807) is 73.9 Å². The summed E-state index contributed by atoms with van der Waals surface area (Å²) in [6.07, 6.45) is 2.46. The van der Waals surface area contributed by atoms with Crippen LogP contribution in [-0.4, -0.2) is 15.9 Å². The van der Waals surface area contributed by atoms with Crippen molar-refractivity contribution >= 4 is 11.7 Å². The number of aromatic nitrogens is 1. The molecule has 3 rings (SSSR count). The van der Waals surface area contributed by atoms with Gasteiger partial charge < -0.3 is 9.47 Å². The molecule has 1 atom stereocenters. The molecule has 0 amide bonds. The molecule has 136 valence electrons. The molecule has 1 unspecified atom stereocenters. The lowest BCUT2D eigenvalue weighted by Gasteiger charge is -2.14. The van der Waals surface area contributed by atoms with Gasteiger partial charge in [0.2, 0.25) is 0 Å². The van der Waals surface area contributed by atoms with Crippen LogP contribution in [0, 0.1) is 10.1 Å². The van der Waals surface area contributed by atoms with E-state index in [0.717, 1.165) is 0 Å². The predicted octanol–water partition coefficient (Wildman–Crippen LogP) is 4.70. The van der Waals surface area contributed by atoms with Crippen molar-refractivity contribution in [3.05, 3.63) is 94.3 Å². The van der Waals surface area contributed by atoms with Gasteiger partial charge >= 0.3 is 5.97 Å². The summed E-state index contributed by atoms with van der Waals surface area (Å²) in [5.74, 6) is 0.553. The first-order valence-corrected chi connectivity index (χ1v) is 8.17. The first kappa shape index (κ1) is 18.1. The van der Waals surface area contributed by atoms with Gasteiger partial charge in [0, 0.05) is 12.3 Å². The fraction of sp³-hybridized carbons (Fsp3) is 0.100. The molecule has 7 heteroatoms. The number of pyridine rings is 1. The van der Waals surface area contributed by atoms with Crippen molar-refractivity contribution in [1.29, 1.82) is 0 Å². The van der Waals surface area contributed by atoms with Crippen molar-refractivity contribution in [3.63, 3.8) is 0 Å². The number of ether oxygens (including phenoxy) is 2. The van der Waals surface area contributed by atoms with Crippen LogP contribution in [0.15, 0.2) is 73.1 Å². The summed E-state index contributed by atoms with van der Waals surface area (Å²) in [6.45, 7) is 1.60. The zero-order chi connectivity index (χ0) is 19.2. The molecule has 0 N–H and O–H groups in total. The Morgan fingerprint density at radius 2 is 1.78 bits per heavy atom. The van der Waals surface area contributed by atoms with Gasteiger partial charge in [-0.25, -0.2) is 4.79 Å². The molecule has 2 aromatic carbocycles. The SMILES string of the molecule is CC(OC(=O)c1ccc(Oc2cccnc2)cc1)c1ccccc1[N+](=O)[O-]. The molecule has 0 aliphatic rings. The molecule has 0 radical (unpaired) electrons. The zero-order valence-corrected chi connectivity index (χ0v) is 14.4. The zero-order valence-electron chi connectivity index (χ0n) is 14.4. The average Bonchev–Trinajstić information content (AvgIpc) is 2.69. The molecule has 0 saturated carbocycles. The maximum atomic E-state index is 12.3. The second kappa shape index (κ2) is 8.09. The minimum Gasteiger partial charge on any atom is -0.456 e. The molecule has 0 fully saturated rings. The lowest BCUT2D eigenvalue weighted by Crippen LogP contribution is -2.10. The highest BCUT2D eigenvalue weighted by Gasteiger charge is 2.21. The van der Waals surface area contributed by atoms with Gasteiger partial charge in [-0.2, -0.15) is 0 Å². The molecule has 0 spiro atoms. The van der Waals surface area contributed by atoms with Gasteiger partial charge in [0.1, 0.15) is 17.6 Å². The minimum absolute atomic E-state index is 0.0852. The van der Waals surface area contributed by atoms with E-state index in [-0.39, 0.29) is 5.69 Å². The highest BCUT2D eigenvalue weighted by molar-refractivity contribution is 5.89. The van der Waals surface area contributed by atoms with Crippen molar-refractivity contribution in [2.24, 2.45) is 0 Å². The number of benzene rings is 2. The Bertz CT molecular complexity index is 942. The van der Waals surface area contributed by atoms with Gasteiger partial charge in [-0.1, -0.05) is 12.1 Å². The smallest absolute Gasteiger partial charge is 0.338 e. The second-order valence-corrected chi connectivity index (χ2v) is 5.68. The molecule has 1 heterocycles. The van der Waals surface area contributed by atoms with Crippen LogP contribution in [0.1, 0.15) is 28.9 Å². The normalized spacial score (nSPS) is 11.4. The quantitative estimate of drug-likeness (QED) is 0.358. The Balaban J connectivity index is 1.68. The van der Waals surface area contributed by atoms with Crippen LogP contribution in [0.25, 0.3) is 0 Å². The van der Waals surface area contributed by atoms with Gasteiger partial charge in [-0.15, -0.1) is 0 Å². The summed E-state index contributed by atoms with van der Waals surface area (Å²) in [4.78, 5) is 26.9. The summed E-state index contributed by atoms with van der Waals surface area (Å²) in [5.41, 5.74) is 0.573. The molecule has 0 bridgehead atoms. The van der Waals surface area contributed by atoms with Crippen LogP contribution in [0.2, 0.25) is 0 Å². The molecule has 7 nitrogen and oxygen atoms in total. The lowest BCUT2D eigenvalue weighted by atomic mass is 10.1. The van der Waals surface area contributed by atoms with Crippen LogP contribution >= 0.6 is 0 Å². The molecular weight excluding hydrogens is 348 g/mol. The first-order valence-electron chi connectivity index (χ1n) is 8.17. The minimum atomic E-state index is -0.759. The molecule has 0 aliphatic carbocycles. The van der Waals surface area contributed by atoms with Gasteiger partial charge in [0.25, 0.3) is 5.69 Å². The standard InChI is InChI=1S/C20H16N2O5/c1-14(18-6-2-3-7-19(18)22(24)25)26-20(23)15-8-10-16(11-9-15)27-17-5-4-12-21-13-17/h2-14H,1H3. The topological polar surface area (TPSA) is 91.6 Å². The van der Waals surface area contributed by atoms with Crippen molar-refractivity contribution in [1.82, 2.24) is 4.98 Å². The van der Waals surface area contributed by atoms with E-state index in [4.69, 9.17) is 9.47 Å². The Kier molecular flexibility index (Phi) is 5.41. The third kappa shape index (κ3) is 4.46. The summed E-state index contributed by atoms with van der Waals surface area (Å²) >= 11 is 0. The number of nitro groups is 1. The number of esters is 1. The lowest BCUT2D eigenvalue weighted by molar-refractivity contribution is -0.386. The average molecular weight is 364 g/mol. The number of nitro benzene ring substituents is 1. The number of nitrogens with zero attached hydrogens (tertiary/aromatic N) is 2. The second-order valence-electron chi connectivity index (χ2n) is 5.68. The molecule has 0 aliphatic heterocycles. The van der Waals surface area contributed by atoms with Crippen LogP contribution in [0.4, 0.5) is 5.69 Å². The van der Waals surface area contributed by atoms with E-state index in [0.29, 0.717) is 22.6 Å². The van der Waals surface area contributed by atoms with E-state index in [2.05, 4.69) is 4.98 Å². The summed E-state index contributed by atoms with van der Waals surface area (Å²) < 4.78 is 11.0. The Morgan fingerprint density at radius 1 is 1.04 bits per heavy atom. The Labute approximate surface area is 155 Å². The number of para-hydroxylation sites is 1. The fourth-order valence-electron chi connectivity index (χ4n) is 2.49. The van der Waals surface area contributed by atoms with Crippen molar-refractivity contribution in [2.75, 3.05) is 0 Å². The summed E-state index contributed by atoms with van der Waals surface area (Å²) in [6, 6.07) is 16.1. The van der Waals surface area contributed by atoms with Crippen LogP contribution in [0.5, 0.6) is 11.5 Å². The summed E-state index contributed by atoms with van der Waals surface area (Å²) in [5, 5.41) is 11.1. The highest BCUT2D eigenvalue weighted by Crippen LogP contribution is 2.28. The van der Waals surface area contributed by atoms with Gasteiger partial charge in [-0.3, -0.25) is 15.1 Å². The van der Waals surface area contributed by atoms with Gasteiger partial charge in [0.15, 0.2) is 0 Å². The van der Waals surface area contributed by atoms with Crippen LogP contribution in [0.3, 0.4) is 0 Å². The largest absolute Gasteiger partial charge is 0.456 e. The molecule has 0 saturated heterocycles. The predicted molar refractivity (Wildman–Crippen MR) is 97.7 cm³/mol. The molecule has 27 heavy (non-hydrogen) atoms. The highest BCUT2D eigenvalue weighted by atomic mass is 16.6. The Hall–Kier alpha value is -3.74. The Morgan fingerprint density at radius 3 is 2.44 bits per heavy atom. The number of hydrogen-bond donors (Lipinski definition) is 0. The number of hydrogen-bond acceptors (Lipinski definition) is 6. The number of rotatable bonds is 6. The monoisotopic (exact) mass is 364 g/mol. The van der Waals surface area contributed by atoms with Crippen molar-refractivity contribution in [2.45, 2.75) is 13.0 Å². The van der Waals surface area contributed by atoms with E-state index in [1.807, 2.05) is 0 Å². The molecule has 1 aromatic heterocycles. The van der Waals surface area contributed by atoms with Gasteiger partial charge in [-0.05, 0) is 49.4 Å². The van der Waals surface area contributed by atoms with E-state index in [9.17, 15) is 14.9 Å². The maximum Gasteiger partial charge on any atom is 0.338 e. The van der Waals surface area contributed by atoms with E-state index in [1.165, 1.54) is 6.07 Å².